The maximum atomic E-state index is 11.6. The highest BCUT2D eigenvalue weighted by Gasteiger charge is 2.40. The molecule has 1 aliphatic heterocycles. The van der Waals surface area contributed by atoms with Gasteiger partial charge in [-0.2, -0.15) is 0 Å². The average molecular weight is 564 g/mol. The van der Waals surface area contributed by atoms with E-state index in [0.29, 0.717) is 18.3 Å². The van der Waals surface area contributed by atoms with E-state index in [-0.39, 0.29) is 26.6 Å². The van der Waals surface area contributed by atoms with Crippen LogP contribution in [-0.2, 0) is 10.8 Å². The fourth-order valence-corrected chi connectivity index (χ4v) is 5.53. The second-order valence-electron chi connectivity index (χ2n) is 13.2. The van der Waals surface area contributed by atoms with E-state index in [9.17, 15) is 20.2 Å². The van der Waals surface area contributed by atoms with Crippen LogP contribution in [0.3, 0.4) is 0 Å². The van der Waals surface area contributed by atoms with E-state index in [2.05, 4.69) is 83.8 Å². The lowest BCUT2D eigenvalue weighted by molar-refractivity contribution is -0.573. The normalized spacial score (nSPS) is 15.9. The Morgan fingerprint density at radius 2 is 1.56 bits per heavy atom. The van der Waals surface area contributed by atoms with Gasteiger partial charge in [0.1, 0.15) is 5.69 Å². The second-order valence-corrected chi connectivity index (χ2v) is 13.2. The third-order valence-electron chi connectivity index (χ3n) is 8.12. The fraction of sp³-hybridized carbons (Fsp3) is 0.515. The predicted molar refractivity (Wildman–Crippen MR) is 167 cm³/mol. The van der Waals surface area contributed by atoms with Gasteiger partial charge in [-0.1, -0.05) is 67.5 Å². The number of nitro benzene ring substituents is 2. The lowest BCUT2D eigenvalue weighted by atomic mass is 9.80. The summed E-state index contributed by atoms with van der Waals surface area (Å²) in [5.41, 5.74) is 4.65. The number of non-ortho nitro benzene ring substituents is 2. The van der Waals surface area contributed by atoms with E-state index in [1.807, 2.05) is 12.1 Å². The van der Waals surface area contributed by atoms with Crippen molar-refractivity contribution < 1.29 is 15.2 Å². The lowest BCUT2D eigenvalue weighted by Gasteiger charge is -2.27. The molecule has 0 atom stereocenters. The zero-order valence-electron chi connectivity index (χ0n) is 25.9. The molecule has 0 radical (unpaired) electrons. The van der Waals surface area contributed by atoms with Crippen molar-refractivity contribution in [3.63, 3.8) is 0 Å². The molecular formula is C33H47N4O4+. The van der Waals surface area contributed by atoms with Crippen LogP contribution in [0.1, 0.15) is 85.8 Å². The molecule has 0 fully saturated rings. The molecule has 1 aliphatic rings. The van der Waals surface area contributed by atoms with Crippen molar-refractivity contribution in [2.75, 3.05) is 18.0 Å². The topological polar surface area (TPSA) is 106 Å². The molecule has 0 bridgehead atoms. The number of nitrogens with zero attached hydrogens (tertiary/aromatic N) is 3. The van der Waals surface area contributed by atoms with Crippen LogP contribution in [0.4, 0.5) is 22.7 Å². The molecule has 2 aromatic carbocycles. The Hall–Kier alpha value is -3.52. The quantitative estimate of drug-likeness (QED) is 0.153. The highest BCUT2D eigenvalue weighted by Crippen LogP contribution is 2.49. The summed E-state index contributed by atoms with van der Waals surface area (Å²) < 4.78 is 0. The zero-order valence-corrected chi connectivity index (χ0v) is 25.9. The minimum Gasteiger partial charge on any atom is -0.344 e. The number of nitro groups is 2. The first-order valence-electron chi connectivity index (χ1n) is 14.7. The number of anilines is 1. The maximum absolute atomic E-state index is 11.6. The molecule has 2 aromatic rings. The first-order valence-corrected chi connectivity index (χ1v) is 14.7. The number of quaternary nitrogens is 1. The molecule has 0 saturated heterocycles. The first kappa shape index (κ1) is 32.0. The van der Waals surface area contributed by atoms with Crippen LogP contribution in [0.25, 0.3) is 0 Å². The number of hydrogen-bond donors (Lipinski definition) is 1. The van der Waals surface area contributed by atoms with E-state index in [4.69, 9.17) is 0 Å². The summed E-state index contributed by atoms with van der Waals surface area (Å²) in [6.07, 6.45) is 9.11. The Morgan fingerprint density at radius 1 is 0.951 bits per heavy atom. The summed E-state index contributed by atoms with van der Waals surface area (Å²) >= 11 is 0. The molecule has 0 spiro atoms. The fourth-order valence-electron chi connectivity index (χ4n) is 5.53. The Kier molecular flexibility index (Phi) is 10.1. The summed E-state index contributed by atoms with van der Waals surface area (Å²) in [7, 11) is 0. The van der Waals surface area contributed by atoms with Gasteiger partial charge in [-0.05, 0) is 54.2 Å². The van der Waals surface area contributed by atoms with Gasteiger partial charge in [-0.25, -0.2) is 0 Å². The number of benzene rings is 2. The van der Waals surface area contributed by atoms with E-state index in [1.54, 1.807) is 24.3 Å². The van der Waals surface area contributed by atoms with Gasteiger partial charge >= 0.3 is 0 Å². The van der Waals surface area contributed by atoms with Crippen LogP contribution in [0.15, 0.2) is 60.3 Å². The predicted octanol–water partition coefficient (Wildman–Crippen LogP) is 7.70. The van der Waals surface area contributed by atoms with Crippen molar-refractivity contribution in [2.45, 2.75) is 85.5 Å². The number of fused-ring (bicyclic) bond motifs is 1. The summed E-state index contributed by atoms with van der Waals surface area (Å²) in [4.78, 5) is 24.7. The molecule has 2 N–H and O–H groups in total. The maximum Gasteiger partial charge on any atom is 0.270 e. The Morgan fingerprint density at radius 3 is 2.17 bits per heavy atom. The Labute approximate surface area is 244 Å². The van der Waals surface area contributed by atoms with Gasteiger partial charge in [0.25, 0.3) is 11.4 Å². The van der Waals surface area contributed by atoms with E-state index in [0.717, 1.165) is 54.1 Å². The molecule has 0 saturated carbocycles. The van der Waals surface area contributed by atoms with Gasteiger partial charge in [0.2, 0.25) is 0 Å². The van der Waals surface area contributed by atoms with Crippen molar-refractivity contribution >= 4 is 22.7 Å². The smallest absolute Gasteiger partial charge is 0.270 e. The molecule has 0 amide bonds. The summed E-state index contributed by atoms with van der Waals surface area (Å²) in [5.74, 6) is 1.12. The van der Waals surface area contributed by atoms with Crippen molar-refractivity contribution in [1.29, 1.82) is 0 Å². The molecular weight excluding hydrogens is 516 g/mol. The van der Waals surface area contributed by atoms with Crippen molar-refractivity contribution in [3.8, 4) is 0 Å². The summed E-state index contributed by atoms with van der Waals surface area (Å²) in [6.45, 7) is 19.1. The largest absolute Gasteiger partial charge is 0.344 e. The highest BCUT2D eigenvalue weighted by atomic mass is 16.6. The standard InChI is InChI=1S/C33H46N4O4/c1-23(2)16-19-34-29-14-12-25(36(38)39)21-27(29)32(5,6)18-10-9-11-31-33(7,8)28-22-26(37(40)41)13-15-30(28)35(31)20-17-24(3)4/h9-15,21-24,34H,16-20H2,1-8H3/p+1/b10-9+,31-11+. The van der Waals surface area contributed by atoms with Crippen LogP contribution in [-0.4, -0.2) is 22.9 Å². The SMILES string of the molecule is CC(C)CC[NH2+]c1ccc([N+](=O)[O-])cc1C(C)(C)C/C=C/C=C1/N(CCC(C)C)c2ccc([N+](=O)[O-])cc2C1(C)C. The van der Waals surface area contributed by atoms with Crippen molar-refractivity contribution in [1.82, 2.24) is 0 Å². The van der Waals surface area contributed by atoms with Crippen LogP contribution in [0, 0.1) is 32.1 Å². The Balaban J connectivity index is 1.91. The molecule has 0 aliphatic carbocycles. The van der Waals surface area contributed by atoms with Crippen LogP contribution < -0.4 is 10.2 Å². The molecule has 41 heavy (non-hydrogen) atoms. The monoisotopic (exact) mass is 563 g/mol. The van der Waals surface area contributed by atoms with E-state index < -0.39 is 5.41 Å². The third kappa shape index (κ3) is 7.61. The second kappa shape index (κ2) is 13.0. The third-order valence-corrected chi connectivity index (χ3v) is 8.12. The number of rotatable bonds is 13. The first-order chi connectivity index (χ1) is 19.1. The van der Waals surface area contributed by atoms with Gasteiger partial charge < -0.3 is 10.2 Å². The summed E-state index contributed by atoms with van der Waals surface area (Å²) in [6, 6.07) is 10.4. The molecule has 8 heteroatoms. The van der Waals surface area contributed by atoms with E-state index >= 15 is 0 Å². The number of hydrogen-bond acceptors (Lipinski definition) is 5. The van der Waals surface area contributed by atoms with Gasteiger partial charge in [0, 0.05) is 59.2 Å². The van der Waals surface area contributed by atoms with Crippen LogP contribution in [0.5, 0.6) is 0 Å². The summed E-state index contributed by atoms with van der Waals surface area (Å²) in [5, 5.41) is 25.3. The van der Waals surface area contributed by atoms with Crippen molar-refractivity contribution in [2.24, 2.45) is 11.8 Å². The molecule has 8 nitrogen and oxygen atoms in total. The van der Waals surface area contributed by atoms with E-state index in [1.165, 1.54) is 0 Å². The molecule has 0 aromatic heterocycles. The Bertz CT molecular complexity index is 1320. The minimum absolute atomic E-state index is 0.108. The zero-order chi connectivity index (χ0) is 30.5. The van der Waals surface area contributed by atoms with Crippen LogP contribution >= 0.6 is 0 Å². The van der Waals surface area contributed by atoms with Crippen molar-refractivity contribution in [3.05, 3.63) is 91.7 Å². The van der Waals surface area contributed by atoms with Gasteiger partial charge in [0.15, 0.2) is 0 Å². The van der Waals surface area contributed by atoms with Gasteiger partial charge in [-0.15, -0.1) is 0 Å². The highest BCUT2D eigenvalue weighted by molar-refractivity contribution is 5.72. The lowest BCUT2D eigenvalue weighted by Crippen LogP contribution is -2.78. The molecule has 3 rings (SSSR count). The average Bonchev–Trinajstić information content (AvgIpc) is 3.10. The number of allylic oxidation sites excluding steroid dienone is 4. The van der Waals surface area contributed by atoms with Gasteiger partial charge in [-0.3, -0.25) is 20.2 Å². The number of nitrogens with two attached hydrogens (primary N) is 1. The van der Waals surface area contributed by atoms with Crippen LogP contribution in [0.2, 0.25) is 0 Å². The molecule has 0 unspecified atom stereocenters. The molecule has 222 valence electrons. The van der Waals surface area contributed by atoms with Gasteiger partial charge in [0.05, 0.1) is 16.4 Å². The molecule has 1 heterocycles. The minimum atomic E-state index is -0.392.